The molecule has 0 fully saturated rings. The molecule has 0 aliphatic rings. The van der Waals surface area contributed by atoms with Gasteiger partial charge < -0.3 is 10.2 Å². The minimum atomic E-state index is -2.00. The molecular formula is C9H13F2NOSi. The van der Waals surface area contributed by atoms with Crippen LogP contribution < -0.4 is 10.2 Å². The van der Waals surface area contributed by atoms with Crippen LogP contribution in [0.3, 0.4) is 0 Å². The fourth-order valence-electron chi connectivity index (χ4n) is 0.983. The second-order valence-corrected chi connectivity index (χ2v) is 8.46. The van der Waals surface area contributed by atoms with Gasteiger partial charge in [0.25, 0.3) is 0 Å². The first kappa shape index (κ1) is 11.0. The van der Waals surface area contributed by atoms with Crippen molar-refractivity contribution in [3.05, 3.63) is 23.8 Å². The van der Waals surface area contributed by atoms with Gasteiger partial charge in [-0.05, 0) is 19.6 Å². The van der Waals surface area contributed by atoms with Crippen molar-refractivity contribution >= 4 is 14.0 Å². The minimum absolute atomic E-state index is 0.0583. The first-order valence-electron chi connectivity index (χ1n) is 4.23. The third-order valence-electron chi connectivity index (χ3n) is 1.43. The van der Waals surface area contributed by atoms with Crippen LogP contribution in [0.25, 0.3) is 0 Å². The summed E-state index contributed by atoms with van der Waals surface area (Å²) in [4.78, 5) is 0. The molecule has 0 atom stereocenters. The number of nitrogens with two attached hydrogens (primary N) is 1. The average Bonchev–Trinajstić information content (AvgIpc) is 1.95. The van der Waals surface area contributed by atoms with Gasteiger partial charge in [0, 0.05) is 17.8 Å². The van der Waals surface area contributed by atoms with Gasteiger partial charge in [0.2, 0.25) is 8.32 Å². The number of hydrogen-bond acceptors (Lipinski definition) is 2. The lowest BCUT2D eigenvalue weighted by molar-refractivity contribution is 0.452. The zero-order valence-electron chi connectivity index (χ0n) is 8.40. The van der Waals surface area contributed by atoms with Crippen molar-refractivity contribution in [2.75, 3.05) is 5.73 Å². The van der Waals surface area contributed by atoms with E-state index in [4.69, 9.17) is 10.2 Å². The predicted octanol–water partition coefficient (Wildman–Crippen LogP) is 2.76. The molecule has 1 aromatic carbocycles. The first-order valence-corrected chi connectivity index (χ1v) is 7.64. The van der Waals surface area contributed by atoms with E-state index in [1.807, 2.05) is 19.6 Å². The van der Waals surface area contributed by atoms with Crippen LogP contribution in [0, 0.1) is 11.6 Å². The Morgan fingerprint density at radius 3 is 1.93 bits per heavy atom. The highest BCUT2D eigenvalue weighted by molar-refractivity contribution is 6.70. The summed E-state index contributed by atoms with van der Waals surface area (Å²) in [7, 11) is -2.00. The van der Waals surface area contributed by atoms with Crippen LogP contribution in [-0.4, -0.2) is 8.32 Å². The van der Waals surface area contributed by atoms with Crippen LogP contribution in [0.4, 0.5) is 14.5 Å². The number of hydrogen-bond donors (Lipinski definition) is 1. The fourth-order valence-corrected chi connectivity index (χ4v) is 1.79. The van der Waals surface area contributed by atoms with E-state index >= 15 is 0 Å². The molecule has 0 bridgehead atoms. The average molecular weight is 217 g/mol. The summed E-state index contributed by atoms with van der Waals surface area (Å²) in [5.74, 6) is -1.81. The summed E-state index contributed by atoms with van der Waals surface area (Å²) < 4.78 is 31.7. The summed E-state index contributed by atoms with van der Waals surface area (Å²) >= 11 is 0. The first-order chi connectivity index (χ1) is 6.29. The Morgan fingerprint density at radius 2 is 1.57 bits per heavy atom. The lowest BCUT2D eigenvalue weighted by Gasteiger charge is -2.20. The number of anilines is 1. The molecule has 0 saturated carbocycles. The van der Waals surface area contributed by atoms with Crippen molar-refractivity contribution in [1.82, 2.24) is 0 Å². The topological polar surface area (TPSA) is 35.2 Å². The molecule has 0 aliphatic carbocycles. The predicted molar refractivity (Wildman–Crippen MR) is 54.7 cm³/mol. The maximum atomic E-state index is 13.2. The molecule has 5 heteroatoms. The molecule has 0 aromatic heterocycles. The van der Waals surface area contributed by atoms with Crippen molar-refractivity contribution in [1.29, 1.82) is 0 Å². The molecule has 0 saturated heterocycles. The highest BCUT2D eigenvalue weighted by atomic mass is 28.4. The Bertz CT molecular complexity index is 326. The summed E-state index contributed by atoms with van der Waals surface area (Å²) in [6.07, 6.45) is 0. The second kappa shape index (κ2) is 3.57. The third-order valence-corrected chi connectivity index (χ3v) is 2.25. The normalized spacial score (nSPS) is 11.5. The maximum absolute atomic E-state index is 13.2. The van der Waals surface area contributed by atoms with Gasteiger partial charge in [-0.25, -0.2) is 8.78 Å². The Morgan fingerprint density at radius 1 is 1.14 bits per heavy atom. The monoisotopic (exact) mass is 217 g/mol. The van der Waals surface area contributed by atoms with Crippen LogP contribution in [-0.2, 0) is 0 Å². The third kappa shape index (κ3) is 2.70. The Balaban J connectivity index is 3.09. The lowest BCUT2D eigenvalue weighted by atomic mass is 10.3. The number of nitrogen functional groups attached to an aromatic ring is 1. The molecule has 0 radical (unpaired) electrons. The molecular weight excluding hydrogens is 204 g/mol. The van der Waals surface area contributed by atoms with Crippen molar-refractivity contribution < 1.29 is 13.2 Å². The van der Waals surface area contributed by atoms with Crippen LogP contribution in [0.15, 0.2) is 12.1 Å². The quantitative estimate of drug-likeness (QED) is 0.610. The van der Waals surface area contributed by atoms with Crippen molar-refractivity contribution in [3.8, 4) is 5.75 Å². The van der Waals surface area contributed by atoms with E-state index in [9.17, 15) is 8.78 Å². The highest BCUT2D eigenvalue weighted by Crippen LogP contribution is 2.26. The van der Waals surface area contributed by atoms with Gasteiger partial charge in [0.15, 0.2) is 17.4 Å². The Hall–Kier alpha value is -1.10. The highest BCUT2D eigenvalue weighted by Gasteiger charge is 2.21. The van der Waals surface area contributed by atoms with E-state index < -0.39 is 20.0 Å². The maximum Gasteiger partial charge on any atom is 0.242 e. The Kier molecular flexibility index (Phi) is 2.80. The molecule has 0 amide bonds. The van der Waals surface area contributed by atoms with E-state index in [1.165, 1.54) is 0 Å². The van der Waals surface area contributed by atoms with Gasteiger partial charge >= 0.3 is 0 Å². The summed E-state index contributed by atoms with van der Waals surface area (Å²) in [5, 5.41) is 0. The van der Waals surface area contributed by atoms with E-state index in [0.717, 1.165) is 12.1 Å². The van der Waals surface area contributed by atoms with Gasteiger partial charge in [-0.2, -0.15) is 0 Å². The molecule has 1 rings (SSSR count). The van der Waals surface area contributed by atoms with Gasteiger partial charge in [-0.3, -0.25) is 0 Å². The van der Waals surface area contributed by atoms with E-state index in [2.05, 4.69) is 0 Å². The minimum Gasteiger partial charge on any atom is -0.540 e. The number of halogens is 2. The molecule has 0 aliphatic heterocycles. The van der Waals surface area contributed by atoms with Crippen molar-refractivity contribution in [2.45, 2.75) is 19.6 Å². The number of rotatable bonds is 2. The van der Waals surface area contributed by atoms with Crippen LogP contribution in [0.5, 0.6) is 5.75 Å². The van der Waals surface area contributed by atoms with Gasteiger partial charge in [0.1, 0.15) is 0 Å². The van der Waals surface area contributed by atoms with Crippen LogP contribution >= 0.6 is 0 Å². The van der Waals surface area contributed by atoms with E-state index in [1.54, 1.807) is 0 Å². The van der Waals surface area contributed by atoms with Crippen LogP contribution in [0.2, 0.25) is 19.6 Å². The zero-order valence-corrected chi connectivity index (χ0v) is 9.40. The fraction of sp³-hybridized carbons (Fsp3) is 0.333. The number of benzene rings is 1. The van der Waals surface area contributed by atoms with Crippen molar-refractivity contribution in [3.63, 3.8) is 0 Å². The molecule has 1 aromatic rings. The smallest absolute Gasteiger partial charge is 0.242 e. The van der Waals surface area contributed by atoms with Gasteiger partial charge in [0.05, 0.1) is 0 Å². The van der Waals surface area contributed by atoms with Gasteiger partial charge in [-0.1, -0.05) is 0 Å². The molecule has 14 heavy (non-hydrogen) atoms. The Labute approximate surface area is 82.8 Å². The SMILES string of the molecule is C[Si](C)(C)Oc1c(F)cc(N)cc1F. The molecule has 78 valence electrons. The standard InChI is InChI=1S/C9H13F2NOSi/c1-14(2,3)13-9-7(10)4-6(12)5-8(9)11/h4-5H,12H2,1-3H3. The molecule has 0 unspecified atom stereocenters. The lowest BCUT2D eigenvalue weighted by Crippen LogP contribution is -2.30. The molecule has 2 N–H and O–H groups in total. The summed E-state index contributed by atoms with van der Waals surface area (Å²) in [5.41, 5.74) is 5.33. The summed E-state index contributed by atoms with van der Waals surface area (Å²) in [6, 6.07) is 2.11. The zero-order chi connectivity index (χ0) is 10.9. The van der Waals surface area contributed by atoms with Gasteiger partial charge in [-0.15, -0.1) is 0 Å². The van der Waals surface area contributed by atoms with E-state index in [-0.39, 0.29) is 11.4 Å². The molecule has 0 heterocycles. The molecule has 0 spiro atoms. The van der Waals surface area contributed by atoms with Crippen molar-refractivity contribution in [2.24, 2.45) is 0 Å². The molecule has 2 nitrogen and oxygen atoms in total. The van der Waals surface area contributed by atoms with Crippen LogP contribution in [0.1, 0.15) is 0 Å². The largest absolute Gasteiger partial charge is 0.540 e. The second-order valence-electron chi connectivity index (χ2n) is 4.03. The summed E-state index contributed by atoms with van der Waals surface area (Å²) in [6.45, 7) is 5.55. The van der Waals surface area contributed by atoms with E-state index in [0.29, 0.717) is 0 Å².